The smallest absolute Gasteiger partial charge is 0.256 e. The summed E-state index contributed by atoms with van der Waals surface area (Å²) in [4.78, 5) is 27.8. The Kier molecular flexibility index (Phi) is 5.44. The first kappa shape index (κ1) is 20.0. The Hall–Kier alpha value is -3.90. The molecule has 0 unspecified atom stereocenters. The number of likely N-dealkylation sites (N-methyl/N-ethyl adjacent to an activating group) is 1. The number of carbonyl (C=O) groups is 1. The van der Waals surface area contributed by atoms with Crippen molar-refractivity contribution in [2.75, 3.05) is 25.5 Å². The SMILES string of the molecule is CN1CCC=C(c2cc(-c3ccc(C(=O)Nc4ccccn4)cc3)cc3cncnc23)C1. The lowest BCUT2D eigenvalue weighted by Gasteiger charge is -2.24. The van der Waals surface area contributed by atoms with Crippen molar-refractivity contribution in [3.05, 3.63) is 90.5 Å². The van der Waals surface area contributed by atoms with Gasteiger partial charge >= 0.3 is 0 Å². The van der Waals surface area contributed by atoms with Crippen LogP contribution in [0.2, 0.25) is 0 Å². The van der Waals surface area contributed by atoms with Gasteiger partial charge in [-0.1, -0.05) is 24.3 Å². The Morgan fingerprint density at radius 3 is 2.69 bits per heavy atom. The molecule has 1 amide bonds. The highest BCUT2D eigenvalue weighted by atomic mass is 16.1. The molecular formula is C26H23N5O. The summed E-state index contributed by atoms with van der Waals surface area (Å²) >= 11 is 0. The summed E-state index contributed by atoms with van der Waals surface area (Å²) in [5.74, 6) is 0.352. The van der Waals surface area contributed by atoms with Gasteiger partial charge in [-0.05, 0) is 66.6 Å². The minimum atomic E-state index is -0.182. The van der Waals surface area contributed by atoms with Gasteiger partial charge in [0.05, 0.1) is 5.52 Å². The summed E-state index contributed by atoms with van der Waals surface area (Å²) in [5, 5.41) is 3.82. The lowest BCUT2D eigenvalue weighted by atomic mass is 9.93. The van der Waals surface area contributed by atoms with Crippen LogP contribution in [0, 0.1) is 0 Å². The largest absolute Gasteiger partial charge is 0.307 e. The van der Waals surface area contributed by atoms with E-state index < -0.39 is 0 Å². The van der Waals surface area contributed by atoms with Crippen LogP contribution in [0.1, 0.15) is 22.3 Å². The molecule has 0 atom stereocenters. The van der Waals surface area contributed by atoms with Gasteiger partial charge in [0.2, 0.25) is 0 Å². The first-order chi connectivity index (χ1) is 15.7. The van der Waals surface area contributed by atoms with E-state index in [-0.39, 0.29) is 5.91 Å². The third-order valence-electron chi connectivity index (χ3n) is 5.68. The van der Waals surface area contributed by atoms with E-state index in [2.05, 4.69) is 50.4 Å². The van der Waals surface area contributed by atoms with Gasteiger partial charge in [0.1, 0.15) is 12.1 Å². The number of anilines is 1. The van der Waals surface area contributed by atoms with Gasteiger partial charge in [-0.25, -0.2) is 15.0 Å². The van der Waals surface area contributed by atoms with Gasteiger partial charge in [-0.3, -0.25) is 4.79 Å². The van der Waals surface area contributed by atoms with Crippen LogP contribution in [0.15, 0.2) is 79.4 Å². The van der Waals surface area contributed by atoms with Gasteiger partial charge in [0.15, 0.2) is 0 Å². The van der Waals surface area contributed by atoms with E-state index in [1.165, 1.54) is 5.57 Å². The number of amides is 1. The number of hydrogen-bond acceptors (Lipinski definition) is 5. The Morgan fingerprint density at radius 2 is 1.91 bits per heavy atom. The van der Waals surface area contributed by atoms with Gasteiger partial charge in [0, 0.05) is 42.0 Å². The highest BCUT2D eigenvalue weighted by Gasteiger charge is 2.16. The van der Waals surface area contributed by atoms with Gasteiger partial charge < -0.3 is 10.2 Å². The maximum absolute atomic E-state index is 12.5. The van der Waals surface area contributed by atoms with E-state index in [4.69, 9.17) is 0 Å². The van der Waals surface area contributed by atoms with Crippen molar-refractivity contribution in [2.24, 2.45) is 0 Å². The van der Waals surface area contributed by atoms with Crippen LogP contribution in [0.25, 0.3) is 27.6 Å². The fourth-order valence-electron chi connectivity index (χ4n) is 4.04. The van der Waals surface area contributed by atoms with Crippen molar-refractivity contribution in [3.8, 4) is 11.1 Å². The zero-order valence-corrected chi connectivity index (χ0v) is 17.8. The van der Waals surface area contributed by atoms with Crippen LogP contribution < -0.4 is 5.32 Å². The zero-order chi connectivity index (χ0) is 21.9. The minimum Gasteiger partial charge on any atom is -0.307 e. The second-order valence-corrected chi connectivity index (χ2v) is 7.99. The molecule has 0 saturated carbocycles. The van der Waals surface area contributed by atoms with E-state index in [9.17, 15) is 4.79 Å². The molecule has 0 spiro atoms. The van der Waals surface area contributed by atoms with Gasteiger partial charge in [-0.2, -0.15) is 0 Å². The topological polar surface area (TPSA) is 71.0 Å². The number of hydrogen-bond donors (Lipinski definition) is 1. The molecule has 6 nitrogen and oxygen atoms in total. The number of rotatable bonds is 4. The fourth-order valence-corrected chi connectivity index (χ4v) is 4.04. The van der Waals surface area contributed by atoms with E-state index in [0.717, 1.165) is 47.1 Å². The highest BCUT2D eigenvalue weighted by Crippen LogP contribution is 2.32. The normalized spacial score (nSPS) is 14.2. The molecule has 0 radical (unpaired) electrons. The van der Waals surface area contributed by atoms with Gasteiger partial charge in [0.25, 0.3) is 5.91 Å². The summed E-state index contributed by atoms with van der Waals surface area (Å²) in [7, 11) is 2.14. The molecule has 1 aliphatic rings. The van der Waals surface area contributed by atoms with Crippen LogP contribution in [-0.4, -0.2) is 45.9 Å². The van der Waals surface area contributed by atoms with E-state index in [1.807, 2.05) is 42.6 Å². The van der Waals surface area contributed by atoms with Crippen LogP contribution in [0.4, 0.5) is 5.82 Å². The minimum absolute atomic E-state index is 0.182. The number of pyridine rings is 1. The van der Waals surface area contributed by atoms with Crippen molar-refractivity contribution >= 4 is 28.2 Å². The Bertz CT molecular complexity index is 1300. The summed E-state index contributed by atoms with van der Waals surface area (Å²) < 4.78 is 0. The first-order valence-corrected chi connectivity index (χ1v) is 10.6. The average molecular weight is 422 g/mol. The number of nitrogens with one attached hydrogen (secondary N) is 1. The predicted octanol–water partition coefficient (Wildman–Crippen LogP) is 4.66. The Labute approximate surface area is 186 Å². The molecule has 5 rings (SSSR count). The lowest BCUT2D eigenvalue weighted by molar-refractivity contribution is 0.102. The van der Waals surface area contributed by atoms with Crippen molar-refractivity contribution in [3.63, 3.8) is 0 Å². The zero-order valence-electron chi connectivity index (χ0n) is 17.8. The third-order valence-corrected chi connectivity index (χ3v) is 5.68. The number of aromatic nitrogens is 3. The Morgan fingerprint density at radius 1 is 1.03 bits per heavy atom. The van der Waals surface area contributed by atoms with Crippen LogP contribution >= 0.6 is 0 Å². The predicted molar refractivity (Wildman–Crippen MR) is 127 cm³/mol. The monoisotopic (exact) mass is 421 g/mol. The lowest BCUT2D eigenvalue weighted by Crippen LogP contribution is -2.25. The third kappa shape index (κ3) is 4.13. The number of carbonyl (C=O) groups excluding carboxylic acids is 1. The second kappa shape index (κ2) is 8.69. The van der Waals surface area contributed by atoms with Crippen molar-refractivity contribution in [1.82, 2.24) is 19.9 Å². The van der Waals surface area contributed by atoms with E-state index >= 15 is 0 Å². The van der Waals surface area contributed by atoms with Gasteiger partial charge in [-0.15, -0.1) is 0 Å². The summed E-state index contributed by atoms with van der Waals surface area (Å²) in [5.41, 5.74) is 6.10. The molecule has 32 heavy (non-hydrogen) atoms. The molecule has 0 fully saturated rings. The molecule has 0 saturated heterocycles. The maximum Gasteiger partial charge on any atom is 0.256 e. The first-order valence-electron chi connectivity index (χ1n) is 10.6. The number of fused-ring (bicyclic) bond motifs is 1. The molecule has 1 aliphatic heterocycles. The molecule has 1 N–H and O–H groups in total. The molecular weight excluding hydrogens is 398 g/mol. The molecule has 4 aromatic rings. The Balaban J connectivity index is 1.48. The van der Waals surface area contributed by atoms with Crippen LogP contribution in [-0.2, 0) is 0 Å². The molecule has 2 aromatic carbocycles. The number of nitrogens with zero attached hydrogens (tertiary/aromatic N) is 4. The summed E-state index contributed by atoms with van der Waals surface area (Å²) in [6, 6.07) is 17.4. The average Bonchev–Trinajstić information content (AvgIpc) is 2.84. The second-order valence-electron chi connectivity index (χ2n) is 7.99. The molecule has 158 valence electrons. The summed E-state index contributed by atoms with van der Waals surface area (Å²) in [6.07, 6.45) is 8.46. The van der Waals surface area contributed by atoms with Crippen molar-refractivity contribution in [1.29, 1.82) is 0 Å². The molecule has 0 aliphatic carbocycles. The van der Waals surface area contributed by atoms with E-state index in [0.29, 0.717) is 11.4 Å². The highest BCUT2D eigenvalue weighted by molar-refractivity contribution is 6.04. The molecule has 2 aromatic heterocycles. The number of benzene rings is 2. The maximum atomic E-state index is 12.5. The fraction of sp³-hybridized carbons (Fsp3) is 0.154. The quantitative estimate of drug-likeness (QED) is 0.519. The van der Waals surface area contributed by atoms with Crippen LogP contribution in [0.3, 0.4) is 0 Å². The summed E-state index contributed by atoms with van der Waals surface area (Å²) in [6.45, 7) is 1.97. The molecule has 0 bridgehead atoms. The van der Waals surface area contributed by atoms with Crippen molar-refractivity contribution in [2.45, 2.75) is 6.42 Å². The van der Waals surface area contributed by atoms with E-state index in [1.54, 1.807) is 18.6 Å². The standard InChI is InChI=1S/C26H23N5O/c1-31-12-4-5-20(16-31)23-14-21(13-22-15-27-17-29-25(22)23)18-7-9-19(10-8-18)26(32)30-24-6-2-3-11-28-24/h2-3,5-11,13-15,17H,4,12,16H2,1H3,(H,28,30,32). The molecule has 3 heterocycles. The van der Waals surface area contributed by atoms with Crippen LogP contribution in [0.5, 0.6) is 0 Å². The molecule has 6 heteroatoms. The van der Waals surface area contributed by atoms with Crippen molar-refractivity contribution < 1.29 is 4.79 Å².